The smallest absolute Gasteiger partial charge is 0.343 e. The van der Waals surface area contributed by atoms with E-state index >= 15 is 0 Å². The van der Waals surface area contributed by atoms with Crippen molar-refractivity contribution in [1.29, 1.82) is 0 Å². The number of aromatic nitrogens is 1. The maximum Gasteiger partial charge on any atom is 0.343 e. The normalized spacial score (nSPS) is 23.0. The fourth-order valence-corrected chi connectivity index (χ4v) is 3.80. The van der Waals surface area contributed by atoms with Gasteiger partial charge in [-0.15, -0.1) is 0 Å². The molecule has 1 N–H and O–H groups in total. The lowest BCUT2D eigenvalue weighted by Crippen LogP contribution is -2.33. The van der Waals surface area contributed by atoms with E-state index in [1.54, 1.807) is 12.3 Å². The number of carbonyl (C=O) groups is 1. The quantitative estimate of drug-likeness (QED) is 0.814. The second kappa shape index (κ2) is 6.48. The van der Waals surface area contributed by atoms with Crippen molar-refractivity contribution in [2.24, 2.45) is 0 Å². The number of carbonyl (C=O) groups excluding carboxylic acids is 1. The summed E-state index contributed by atoms with van der Waals surface area (Å²) in [5.41, 5.74) is 0.522. The number of nitrogens with one attached hydrogen (secondary N) is 1. The predicted octanol–water partition coefficient (Wildman–Crippen LogP) is 4.18. The molecule has 0 saturated heterocycles. The van der Waals surface area contributed by atoms with Crippen LogP contribution in [0.15, 0.2) is 30.5 Å². The first-order valence-corrected chi connectivity index (χ1v) is 8.95. The van der Waals surface area contributed by atoms with E-state index < -0.39 is 23.2 Å². The van der Waals surface area contributed by atoms with E-state index in [0.29, 0.717) is 11.4 Å². The predicted molar refractivity (Wildman–Crippen MR) is 94.7 cm³/mol. The summed E-state index contributed by atoms with van der Waals surface area (Å²) in [4.78, 5) is 16.6. The molecule has 5 nitrogen and oxygen atoms in total. The van der Waals surface area contributed by atoms with Crippen LogP contribution < -0.4 is 10.1 Å². The van der Waals surface area contributed by atoms with Crippen LogP contribution in [0.5, 0.6) is 5.75 Å². The Morgan fingerprint density at radius 3 is 2.70 bits per heavy atom. The van der Waals surface area contributed by atoms with E-state index in [4.69, 9.17) is 9.47 Å². The third-order valence-corrected chi connectivity index (χ3v) is 5.05. The van der Waals surface area contributed by atoms with E-state index in [1.165, 1.54) is 0 Å². The number of benzene rings is 1. The summed E-state index contributed by atoms with van der Waals surface area (Å²) < 4.78 is 38.1. The van der Waals surface area contributed by atoms with Gasteiger partial charge in [-0.3, -0.25) is 0 Å². The molecule has 7 heteroatoms. The molecule has 2 atom stereocenters. The van der Waals surface area contributed by atoms with E-state index in [-0.39, 0.29) is 17.9 Å². The first kappa shape index (κ1) is 17.7. The van der Waals surface area contributed by atoms with Gasteiger partial charge in [-0.1, -0.05) is 0 Å². The van der Waals surface area contributed by atoms with Crippen LogP contribution in [0.2, 0.25) is 0 Å². The number of ether oxygens (including phenoxy) is 2. The first-order chi connectivity index (χ1) is 12.8. The summed E-state index contributed by atoms with van der Waals surface area (Å²) in [6, 6.07) is 4.78. The van der Waals surface area contributed by atoms with Crippen LogP contribution in [-0.4, -0.2) is 23.1 Å². The van der Waals surface area contributed by atoms with Gasteiger partial charge >= 0.3 is 5.97 Å². The number of halogens is 2. The number of hydrogen-bond donors (Lipinski definition) is 1. The second-order valence-corrected chi connectivity index (χ2v) is 7.43. The van der Waals surface area contributed by atoms with Crippen LogP contribution >= 0.6 is 0 Å². The molecule has 0 amide bonds. The third-order valence-electron chi connectivity index (χ3n) is 5.05. The summed E-state index contributed by atoms with van der Waals surface area (Å²) >= 11 is 0. The van der Waals surface area contributed by atoms with E-state index in [2.05, 4.69) is 10.3 Å². The van der Waals surface area contributed by atoms with Crippen molar-refractivity contribution in [3.8, 4) is 5.75 Å². The molecule has 2 heterocycles. The Labute approximate surface area is 155 Å². The minimum absolute atomic E-state index is 0.133. The lowest BCUT2D eigenvalue weighted by atomic mass is 9.97. The Morgan fingerprint density at radius 2 is 1.96 bits per heavy atom. The molecule has 27 heavy (non-hydrogen) atoms. The molecular formula is C20H20F2N2O3. The molecule has 1 aromatic carbocycles. The van der Waals surface area contributed by atoms with Crippen LogP contribution in [0.1, 0.15) is 49.0 Å². The zero-order valence-corrected chi connectivity index (χ0v) is 15.1. The third kappa shape index (κ3) is 3.34. The van der Waals surface area contributed by atoms with Gasteiger partial charge in [-0.25, -0.2) is 18.6 Å². The van der Waals surface area contributed by atoms with Gasteiger partial charge in [0.05, 0.1) is 6.04 Å². The summed E-state index contributed by atoms with van der Waals surface area (Å²) in [7, 11) is 0. The lowest BCUT2D eigenvalue weighted by Gasteiger charge is -2.23. The Balaban J connectivity index is 1.56. The van der Waals surface area contributed by atoms with Crippen molar-refractivity contribution in [3.63, 3.8) is 0 Å². The molecule has 1 saturated carbocycles. The molecule has 2 aromatic rings. The zero-order chi connectivity index (χ0) is 19.2. The average Bonchev–Trinajstić information content (AvgIpc) is 3.09. The number of fused-ring (bicyclic) bond motifs is 1. The van der Waals surface area contributed by atoms with E-state index in [9.17, 15) is 13.6 Å². The number of pyridine rings is 1. The Bertz CT molecular complexity index is 881. The minimum Gasteiger partial charge on any atom is -0.488 e. The number of anilines is 1. The molecule has 1 aliphatic carbocycles. The molecule has 0 bridgehead atoms. The summed E-state index contributed by atoms with van der Waals surface area (Å²) in [6.45, 7) is 3.67. The van der Waals surface area contributed by atoms with Gasteiger partial charge < -0.3 is 14.8 Å². The van der Waals surface area contributed by atoms with Gasteiger partial charge in [0.25, 0.3) is 0 Å². The van der Waals surface area contributed by atoms with Crippen molar-refractivity contribution in [2.45, 2.75) is 50.9 Å². The van der Waals surface area contributed by atoms with Gasteiger partial charge in [-0.05, 0) is 39.2 Å². The van der Waals surface area contributed by atoms with Gasteiger partial charge in [-0.2, -0.15) is 0 Å². The molecule has 0 unspecified atom stereocenters. The fourth-order valence-electron chi connectivity index (χ4n) is 3.80. The highest BCUT2D eigenvalue weighted by atomic mass is 19.1. The molecule has 142 valence electrons. The van der Waals surface area contributed by atoms with Crippen LogP contribution in [0.25, 0.3) is 0 Å². The molecule has 4 rings (SSSR count). The van der Waals surface area contributed by atoms with Crippen molar-refractivity contribution in [3.05, 3.63) is 53.2 Å². The number of esters is 1. The Hall–Kier alpha value is -2.70. The van der Waals surface area contributed by atoms with Crippen molar-refractivity contribution in [2.75, 3.05) is 5.32 Å². The Morgan fingerprint density at radius 1 is 1.22 bits per heavy atom. The lowest BCUT2D eigenvalue weighted by molar-refractivity contribution is 0.00957. The molecule has 1 aromatic heterocycles. The van der Waals surface area contributed by atoms with Crippen LogP contribution in [0, 0.1) is 11.6 Å². The minimum atomic E-state index is -0.698. The average molecular weight is 374 g/mol. The molecule has 1 fully saturated rings. The van der Waals surface area contributed by atoms with Crippen LogP contribution in [0.3, 0.4) is 0 Å². The van der Waals surface area contributed by atoms with Crippen molar-refractivity contribution in [1.82, 2.24) is 4.98 Å². The summed E-state index contributed by atoms with van der Waals surface area (Å²) in [5.74, 6) is -1.17. The first-order valence-electron chi connectivity index (χ1n) is 8.95. The van der Waals surface area contributed by atoms with Crippen LogP contribution in [0.4, 0.5) is 14.6 Å². The highest BCUT2D eigenvalue weighted by Gasteiger charge is 2.41. The summed E-state index contributed by atoms with van der Waals surface area (Å²) in [6.07, 6.45) is 3.78. The van der Waals surface area contributed by atoms with Gasteiger partial charge in [0.1, 0.15) is 40.5 Å². The molecule has 0 radical (unpaired) electrons. The van der Waals surface area contributed by atoms with Gasteiger partial charge in [0.15, 0.2) is 0 Å². The standard InChI is InChI=1S/C20H20F2N2O3/c1-20(2)14-6-7-23-18(17(14)19(25)27-20)24-15-4-3-5-16(15)26-13-9-11(21)8-12(22)10-13/h6-10,15-16H,3-5H2,1-2H3,(H,23,24)/t15-,16+/m0/s1. The van der Waals surface area contributed by atoms with E-state index in [0.717, 1.165) is 43.0 Å². The number of rotatable bonds is 4. The maximum atomic E-state index is 13.4. The number of nitrogens with zero attached hydrogens (tertiary/aromatic N) is 1. The number of hydrogen-bond acceptors (Lipinski definition) is 5. The second-order valence-electron chi connectivity index (χ2n) is 7.43. The van der Waals surface area contributed by atoms with Gasteiger partial charge in [0.2, 0.25) is 0 Å². The van der Waals surface area contributed by atoms with Crippen LogP contribution in [-0.2, 0) is 10.3 Å². The highest BCUT2D eigenvalue weighted by Crippen LogP contribution is 2.39. The van der Waals surface area contributed by atoms with Gasteiger partial charge in [0, 0.05) is 30.0 Å². The van der Waals surface area contributed by atoms with Crippen molar-refractivity contribution < 1.29 is 23.0 Å². The largest absolute Gasteiger partial charge is 0.488 e. The summed E-state index contributed by atoms with van der Waals surface area (Å²) in [5, 5.41) is 3.28. The fraction of sp³-hybridized carbons (Fsp3) is 0.400. The topological polar surface area (TPSA) is 60.5 Å². The Kier molecular flexibility index (Phi) is 4.25. The molecule has 1 aliphatic heterocycles. The molecule has 2 aliphatic rings. The maximum absolute atomic E-state index is 13.4. The van der Waals surface area contributed by atoms with Crippen molar-refractivity contribution >= 4 is 11.8 Å². The molecular weight excluding hydrogens is 354 g/mol. The SMILES string of the molecule is CC1(C)OC(=O)c2c1ccnc2N[C@H]1CCC[C@H]1Oc1cc(F)cc(F)c1. The molecule has 0 spiro atoms. The zero-order valence-electron chi connectivity index (χ0n) is 15.1. The monoisotopic (exact) mass is 374 g/mol. The highest BCUT2D eigenvalue weighted by molar-refractivity contribution is 5.99. The van der Waals surface area contributed by atoms with E-state index in [1.807, 2.05) is 13.8 Å². The number of cyclic esters (lactones) is 1.